The van der Waals surface area contributed by atoms with Crippen molar-refractivity contribution in [1.29, 1.82) is 0 Å². The van der Waals surface area contributed by atoms with Crippen molar-refractivity contribution >= 4 is 0 Å². The molecule has 0 fully saturated rings. The van der Waals surface area contributed by atoms with Crippen LogP contribution in [0.4, 0.5) is 0 Å². The van der Waals surface area contributed by atoms with Gasteiger partial charge in [-0.2, -0.15) is 0 Å². The SMILES string of the molecule is CCCCNC1C(CC)Cc2ccc(OC)cc2C1CCCC. The van der Waals surface area contributed by atoms with Gasteiger partial charge in [0.05, 0.1) is 7.11 Å². The average Bonchev–Trinajstić information content (AvgIpc) is 2.59. The van der Waals surface area contributed by atoms with Crippen LogP contribution in [-0.4, -0.2) is 19.7 Å². The van der Waals surface area contributed by atoms with Gasteiger partial charge in [0, 0.05) is 6.04 Å². The molecule has 0 spiro atoms. The van der Waals surface area contributed by atoms with Crippen molar-refractivity contribution in [3.8, 4) is 5.75 Å². The molecule has 1 aliphatic carbocycles. The Labute approximate surface area is 143 Å². The van der Waals surface area contributed by atoms with Crippen molar-refractivity contribution in [1.82, 2.24) is 5.32 Å². The lowest BCUT2D eigenvalue weighted by atomic mass is 9.70. The van der Waals surface area contributed by atoms with Gasteiger partial charge in [-0.15, -0.1) is 0 Å². The number of fused-ring (bicyclic) bond motifs is 1. The maximum atomic E-state index is 5.50. The standard InChI is InChI=1S/C21H35NO/c1-5-8-10-19-20-15-18(23-4)12-11-17(20)14-16(7-3)21(19)22-13-9-6-2/h11-12,15-16,19,21-22H,5-10,13-14H2,1-4H3. The van der Waals surface area contributed by atoms with Crippen LogP contribution in [0.3, 0.4) is 0 Å². The summed E-state index contributed by atoms with van der Waals surface area (Å²) in [6.45, 7) is 8.07. The lowest BCUT2D eigenvalue weighted by Gasteiger charge is -2.40. The highest BCUT2D eigenvalue weighted by molar-refractivity contribution is 5.41. The second kappa shape index (κ2) is 9.32. The molecule has 2 rings (SSSR count). The second-order valence-electron chi connectivity index (χ2n) is 7.02. The predicted molar refractivity (Wildman–Crippen MR) is 99.4 cm³/mol. The first-order valence-corrected chi connectivity index (χ1v) is 9.65. The van der Waals surface area contributed by atoms with Crippen LogP contribution in [0, 0.1) is 5.92 Å². The number of methoxy groups -OCH3 is 1. The first-order valence-electron chi connectivity index (χ1n) is 9.65. The van der Waals surface area contributed by atoms with Gasteiger partial charge in [0.2, 0.25) is 0 Å². The number of rotatable bonds is 9. The van der Waals surface area contributed by atoms with Crippen LogP contribution in [0.5, 0.6) is 5.75 Å². The molecule has 130 valence electrons. The zero-order valence-corrected chi connectivity index (χ0v) is 15.5. The Kier molecular flexibility index (Phi) is 7.42. The summed E-state index contributed by atoms with van der Waals surface area (Å²) in [6.07, 6.45) is 8.88. The molecule has 0 aromatic heterocycles. The molecule has 1 aromatic rings. The number of unbranched alkanes of at least 4 members (excludes halogenated alkanes) is 2. The summed E-state index contributed by atoms with van der Waals surface area (Å²) in [7, 11) is 1.78. The summed E-state index contributed by atoms with van der Waals surface area (Å²) in [5, 5.41) is 3.92. The van der Waals surface area contributed by atoms with Crippen molar-refractivity contribution in [3.63, 3.8) is 0 Å². The van der Waals surface area contributed by atoms with Crippen LogP contribution in [0.1, 0.15) is 76.3 Å². The Bertz CT molecular complexity index is 471. The molecule has 0 aliphatic heterocycles. The van der Waals surface area contributed by atoms with E-state index in [0.717, 1.165) is 18.2 Å². The highest BCUT2D eigenvalue weighted by Gasteiger charge is 2.35. The molecule has 0 bridgehead atoms. The molecule has 1 aliphatic rings. The molecule has 0 saturated heterocycles. The van der Waals surface area contributed by atoms with Crippen LogP contribution in [0.25, 0.3) is 0 Å². The van der Waals surface area contributed by atoms with E-state index in [1.807, 2.05) is 0 Å². The summed E-state index contributed by atoms with van der Waals surface area (Å²) in [5.41, 5.74) is 3.09. The molecule has 0 heterocycles. The van der Waals surface area contributed by atoms with E-state index in [1.54, 1.807) is 12.7 Å². The van der Waals surface area contributed by atoms with Gasteiger partial charge < -0.3 is 10.1 Å². The van der Waals surface area contributed by atoms with E-state index >= 15 is 0 Å². The van der Waals surface area contributed by atoms with E-state index in [9.17, 15) is 0 Å². The molecule has 0 radical (unpaired) electrons. The molecule has 1 N–H and O–H groups in total. The largest absolute Gasteiger partial charge is 0.497 e. The van der Waals surface area contributed by atoms with Crippen LogP contribution >= 0.6 is 0 Å². The van der Waals surface area contributed by atoms with Crippen LogP contribution in [0.2, 0.25) is 0 Å². The highest BCUT2D eigenvalue weighted by atomic mass is 16.5. The minimum absolute atomic E-state index is 0.623. The molecule has 3 unspecified atom stereocenters. The Morgan fingerprint density at radius 2 is 1.91 bits per heavy atom. The van der Waals surface area contributed by atoms with Crippen molar-refractivity contribution in [2.45, 2.75) is 77.7 Å². The zero-order chi connectivity index (χ0) is 16.7. The van der Waals surface area contributed by atoms with Gasteiger partial charge in [0.15, 0.2) is 0 Å². The summed E-state index contributed by atoms with van der Waals surface area (Å²) < 4.78 is 5.50. The molecule has 0 amide bonds. The molecular formula is C21H35NO. The molecular weight excluding hydrogens is 282 g/mol. The van der Waals surface area contributed by atoms with Crippen LogP contribution in [-0.2, 0) is 6.42 Å². The topological polar surface area (TPSA) is 21.3 Å². The smallest absolute Gasteiger partial charge is 0.119 e. The molecule has 2 heteroatoms. The van der Waals surface area contributed by atoms with Gasteiger partial charge in [0.25, 0.3) is 0 Å². The van der Waals surface area contributed by atoms with Crippen molar-refractivity contribution < 1.29 is 4.74 Å². The summed E-state index contributed by atoms with van der Waals surface area (Å²) in [6, 6.07) is 7.36. The van der Waals surface area contributed by atoms with Crippen molar-refractivity contribution in [2.75, 3.05) is 13.7 Å². The fourth-order valence-electron chi connectivity index (χ4n) is 4.07. The maximum absolute atomic E-state index is 5.50. The van der Waals surface area contributed by atoms with E-state index in [2.05, 4.69) is 44.3 Å². The average molecular weight is 318 g/mol. The van der Waals surface area contributed by atoms with Gasteiger partial charge in [0.1, 0.15) is 5.75 Å². The van der Waals surface area contributed by atoms with Gasteiger partial charge in [-0.05, 0) is 60.9 Å². The molecule has 1 aromatic carbocycles. The van der Waals surface area contributed by atoms with Gasteiger partial charge in [-0.25, -0.2) is 0 Å². The lowest BCUT2D eigenvalue weighted by molar-refractivity contribution is 0.263. The minimum atomic E-state index is 0.623. The van der Waals surface area contributed by atoms with E-state index in [4.69, 9.17) is 4.74 Å². The number of benzene rings is 1. The number of nitrogens with one attached hydrogen (secondary N) is 1. The number of hydrogen-bond donors (Lipinski definition) is 1. The monoisotopic (exact) mass is 317 g/mol. The first kappa shape index (κ1) is 18.3. The number of hydrogen-bond acceptors (Lipinski definition) is 2. The van der Waals surface area contributed by atoms with Crippen molar-refractivity contribution in [3.05, 3.63) is 29.3 Å². The Balaban J connectivity index is 2.29. The van der Waals surface area contributed by atoms with Gasteiger partial charge >= 0.3 is 0 Å². The Morgan fingerprint density at radius 3 is 2.57 bits per heavy atom. The Morgan fingerprint density at radius 1 is 1.13 bits per heavy atom. The molecule has 2 nitrogen and oxygen atoms in total. The molecule has 3 atom stereocenters. The molecule has 0 saturated carbocycles. The maximum Gasteiger partial charge on any atom is 0.119 e. The van der Waals surface area contributed by atoms with E-state index in [0.29, 0.717) is 12.0 Å². The third-order valence-electron chi connectivity index (χ3n) is 5.48. The summed E-state index contributed by atoms with van der Waals surface area (Å²) >= 11 is 0. The Hall–Kier alpha value is -1.02. The first-order chi connectivity index (χ1) is 11.2. The third-order valence-corrected chi connectivity index (χ3v) is 5.48. The van der Waals surface area contributed by atoms with Crippen molar-refractivity contribution in [2.24, 2.45) is 5.92 Å². The third kappa shape index (κ3) is 4.50. The van der Waals surface area contributed by atoms with Gasteiger partial charge in [-0.1, -0.05) is 52.5 Å². The highest BCUT2D eigenvalue weighted by Crippen LogP contribution is 2.41. The minimum Gasteiger partial charge on any atom is -0.497 e. The van der Waals surface area contributed by atoms with E-state index < -0.39 is 0 Å². The fraction of sp³-hybridized carbons (Fsp3) is 0.714. The van der Waals surface area contributed by atoms with Crippen LogP contribution in [0.15, 0.2) is 18.2 Å². The zero-order valence-electron chi connectivity index (χ0n) is 15.5. The summed E-state index contributed by atoms with van der Waals surface area (Å²) in [4.78, 5) is 0. The van der Waals surface area contributed by atoms with E-state index in [1.165, 1.54) is 50.5 Å². The lowest BCUT2D eigenvalue weighted by Crippen LogP contribution is -2.45. The molecule has 23 heavy (non-hydrogen) atoms. The number of ether oxygens (including phenoxy) is 1. The second-order valence-corrected chi connectivity index (χ2v) is 7.02. The normalized spacial score (nSPS) is 23.6. The summed E-state index contributed by atoms with van der Waals surface area (Å²) in [5.74, 6) is 2.40. The van der Waals surface area contributed by atoms with Gasteiger partial charge in [-0.3, -0.25) is 0 Å². The van der Waals surface area contributed by atoms with E-state index in [-0.39, 0.29) is 0 Å². The quantitative estimate of drug-likeness (QED) is 0.623. The fourth-order valence-corrected chi connectivity index (χ4v) is 4.07. The van der Waals surface area contributed by atoms with Crippen LogP contribution < -0.4 is 10.1 Å². The predicted octanol–water partition coefficient (Wildman–Crippen LogP) is 5.31.